The van der Waals surface area contributed by atoms with Crippen LogP contribution in [0.3, 0.4) is 0 Å². The first kappa shape index (κ1) is 29.6. The van der Waals surface area contributed by atoms with Crippen molar-refractivity contribution >= 4 is 58.5 Å². The molecule has 0 saturated heterocycles. The monoisotopic (exact) mass is 584 g/mol. The molecule has 1 heterocycles. The molecular formula is C32H29ClN4O3S. The van der Waals surface area contributed by atoms with E-state index in [2.05, 4.69) is 20.9 Å². The molecule has 1 atom stereocenters. The maximum absolute atomic E-state index is 13.3. The highest BCUT2D eigenvalue weighted by Crippen LogP contribution is 2.29. The van der Waals surface area contributed by atoms with Crippen LogP contribution in [0.1, 0.15) is 34.8 Å². The fourth-order valence-corrected chi connectivity index (χ4v) is 4.99. The molecule has 7 nitrogen and oxygen atoms in total. The van der Waals surface area contributed by atoms with Crippen molar-refractivity contribution in [3.8, 4) is 0 Å². The number of aromatic nitrogens is 1. The number of nitrogens with zero attached hydrogens (tertiary/aromatic N) is 1. The number of carbonyl (C=O) groups is 3. The van der Waals surface area contributed by atoms with Gasteiger partial charge in [0, 0.05) is 39.3 Å². The van der Waals surface area contributed by atoms with Crippen molar-refractivity contribution in [2.75, 3.05) is 10.6 Å². The van der Waals surface area contributed by atoms with Crippen LogP contribution in [0.25, 0.3) is 6.08 Å². The Bertz CT molecular complexity index is 1560. The van der Waals surface area contributed by atoms with Gasteiger partial charge in [-0.15, -0.1) is 11.8 Å². The number of benzene rings is 3. The highest BCUT2D eigenvalue weighted by atomic mass is 35.5. The van der Waals surface area contributed by atoms with Crippen molar-refractivity contribution < 1.29 is 14.4 Å². The summed E-state index contributed by atoms with van der Waals surface area (Å²) in [4.78, 5) is 44.1. The predicted molar refractivity (Wildman–Crippen MR) is 166 cm³/mol. The number of nitrogens with one attached hydrogen (secondary N) is 3. The molecule has 0 saturated carbocycles. The Hall–Kier alpha value is -4.40. The summed E-state index contributed by atoms with van der Waals surface area (Å²) in [6.07, 6.45) is 5.38. The number of carbonyl (C=O) groups excluding carboxylic acids is 3. The van der Waals surface area contributed by atoms with Gasteiger partial charge in [0.25, 0.3) is 11.8 Å². The SMILES string of the molecule is CCC(Sc1cccc(NC(=O)/C(=C/c2cccnc2)NC(=O)c2ccccc2)c1)C(=O)Nc1ccc(C)c(Cl)c1. The molecule has 41 heavy (non-hydrogen) atoms. The average molecular weight is 585 g/mol. The van der Waals surface area contributed by atoms with Crippen LogP contribution < -0.4 is 16.0 Å². The Kier molecular flexibility index (Phi) is 10.3. The fourth-order valence-electron chi connectivity index (χ4n) is 3.80. The molecule has 0 aliphatic rings. The quantitative estimate of drug-likeness (QED) is 0.138. The molecule has 0 spiro atoms. The molecule has 4 rings (SSSR count). The summed E-state index contributed by atoms with van der Waals surface area (Å²) in [5.41, 5.74) is 3.23. The number of aryl methyl sites for hydroxylation is 1. The van der Waals surface area contributed by atoms with Gasteiger partial charge >= 0.3 is 0 Å². The van der Waals surface area contributed by atoms with E-state index < -0.39 is 11.8 Å². The summed E-state index contributed by atoms with van der Waals surface area (Å²) in [5, 5.41) is 8.73. The number of anilines is 2. The van der Waals surface area contributed by atoms with Gasteiger partial charge in [0.1, 0.15) is 5.70 Å². The third kappa shape index (κ3) is 8.54. The van der Waals surface area contributed by atoms with Crippen LogP contribution >= 0.6 is 23.4 Å². The molecule has 3 aromatic carbocycles. The first-order valence-electron chi connectivity index (χ1n) is 13.0. The van der Waals surface area contributed by atoms with E-state index in [-0.39, 0.29) is 16.9 Å². The zero-order valence-corrected chi connectivity index (χ0v) is 24.1. The molecule has 0 radical (unpaired) electrons. The Morgan fingerprint density at radius 2 is 1.71 bits per heavy atom. The molecule has 3 N–H and O–H groups in total. The second kappa shape index (κ2) is 14.3. The molecule has 208 valence electrons. The van der Waals surface area contributed by atoms with Gasteiger partial charge in [-0.05, 0) is 79.1 Å². The van der Waals surface area contributed by atoms with E-state index in [1.54, 1.807) is 79.1 Å². The fraction of sp³-hybridized carbons (Fsp3) is 0.125. The first-order chi connectivity index (χ1) is 19.8. The van der Waals surface area contributed by atoms with E-state index in [1.165, 1.54) is 11.8 Å². The number of hydrogen-bond acceptors (Lipinski definition) is 5. The molecule has 4 aromatic rings. The molecule has 0 aliphatic carbocycles. The maximum Gasteiger partial charge on any atom is 0.272 e. The lowest BCUT2D eigenvalue weighted by Crippen LogP contribution is -2.30. The van der Waals surface area contributed by atoms with Gasteiger partial charge in [-0.25, -0.2) is 0 Å². The van der Waals surface area contributed by atoms with Crippen LogP contribution in [-0.2, 0) is 9.59 Å². The number of hydrogen-bond donors (Lipinski definition) is 3. The molecule has 3 amide bonds. The molecule has 0 fully saturated rings. The van der Waals surface area contributed by atoms with E-state index in [0.717, 1.165) is 10.5 Å². The second-order valence-corrected chi connectivity index (χ2v) is 10.8. The summed E-state index contributed by atoms with van der Waals surface area (Å²) in [5.74, 6) is -1.05. The van der Waals surface area contributed by atoms with E-state index in [4.69, 9.17) is 11.6 Å². The van der Waals surface area contributed by atoms with Crippen LogP contribution in [0.4, 0.5) is 11.4 Å². The second-order valence-electron chi connectivity index (χ2n) is 9.11. The molecule has 0 bridgehead atoms. The Labute approximate surface area is 248 Å². The summed E-state index contributed by atoms with van der Waals surface area (Å²) >= 11 is 7.60. The zero-order chi connectivity index (χ0) is 29.2. The molecule has 1 unspecified atom stereocenters. The van der Waals surface area contributed by atoms with Crippen LogP contribution in [0.5, 0.6) is 0 Å². The minimum Gasteiger partial charge on any atom is -0.325 e. The number of halogens is 1. The van der Waals surface area contributed by atoms with Gasteiger partial charge in [0.2, 0.25) is 5.91 Å². The molecule has 9 heteroatoms. The molecule has 1 aromatic heterocycles. The minimum absolute atomic E-state index is 0.0625. The third-order valence-electron chi connectivity index (χ3n) is 6.00. The van der Waals surface area contributed by atoms with Crippen molar-refractivity contribution in [3.05, 3.63) is 125 Å². The Balaban J connectivity index is 1.48. The van der Waals surface area contributed by atoms with Gasteiger partial charge < -0.3 is 16.0 Å². The van der Waals surface area contributed by atoms with E-state index in [0.29, 0.717) is 33.9 Å². The molecular weight excluding hydrogens is 556 g/mol. The van der Waals surface area contributed by atoms with Gasteiger partial charge in [-0.2, -0.15) is 0 Å². The zero-order valence-electron chi connectivity index (χ0n) is 22.6. The Morgan fingerprint density at radius 1 is 0.927 bits per heavy atom. The van der Waals surface area contributed by atoms with Crippen molar-refractivity contribution in [2.45, 2.75) is 30.4 Å². The van der Waals surface area contributed by atoms with Gasteiger partial charge in [0.15, 0.2) is 0 Å². The average Bonchev–Trinajstić information content (AvgIpc) is 2.98. The van der Waals surface area contributed by atoms with E-state index in [1.807, 2.05) is 38.1 Å². The van der Waals surface area contributed by atoms with Gasteiger partial charge in [-0.3, -0.25) is 19.4 Å². The topological polar surface area (TPSA) is 100 Å². The van der Waals surface area contributed by atoms with E-state index >= 15 is 0 Å². The number of rotatable bonds is 10. The van der Waals surface area contributed by atoms with Crippen LogP contribution in [-0.4, -0.2) is 28.0 Å². The summed E-state index contributed by atoms with van der Waals surface area (Å²) in [6.45, 7) is 3.84. The predicted octanol–water partition coefficient (Wildman–Crippen LogP) is 6.96. The highest BCUT2D eigenvalue weighted by Gasteiger charge is 2.20. The van der Waals surface area contributed by atoms with Gasteiger partial charge in [0.05, 0.1) is 5.25 Å². The lowest BCUT2D eigenvalue weighted by Gasteiger charge is -2.16. The lowest BCUT2D eigenvalue weighted by molar-refractivity contribution is -0.116. The normalized spacial score (nSPS) is 11.8. The third-order valence-corrected chi connectivity index (χ3v) is 7.76. The maximum atomic E-state index is 13.3. The smallest absolute Gasteiger partial charge is 0.272 e. The van der Waals surface area contributed by atoms with Crippen LogP contribution in [0.15, 0.2) is 108 Å². The van der Waals surface area contributed by atoms with Crippen LogP contribution in [0, 0.1) is 6.92 Å². The van der Waals surface area contributed by atoms with Crippen molar-refractivity contribution in [1.82, 2.24) is 10.3 Å². The summed E-state index contributed by atoms with van der Waals surface area (Å²) < 4.78 is 0. The number of amides is 3. The standard InChI is InChI=1S/C32H29ClN4O3S/c1-3-29(32(40)36-25-15-14-21(2)27(33)19-25)41-26-13-7-12-24(18-26)35-31(39)28(17-22-9-8-16-34-20-22)37-30(38)23-10-5-4-6-11-23/h4-20,29H,3H2,1-2H3,(H,35,39)(H,36,40)(H,37,38)/b28-17-. The number of thioether (sulfide) groups is 1. The van der Waals surface area contributed by atoms with E-state index in [9.17, 15) is 14.4 Å². The summed E-state index contributed by atoms with van der Waals surface area (Å²) in [6, 6.07) is 24.8. The van der Waals surface area contributed by atoms with Crippen molar-refractivity contribution in [2.24, 2.45) is 0 Å². The molecule has 0 aliphatic heterocycles. The summed E-state index contributed by atoms with van der Waals surface area (Å²) in [7, 11) is 0. The van der Waals surface area contributed by atoms with Crippen molar-refractivity contribution in [3.63, 3.8) is 0 Å². The van der Waals surface area contributed by atoms with Crippen molar-refractivity contribution in [1.29, 1.82) is 0 Å². The number of pyridine rings is 1. The largest absolute Gasteiger partial charge is 0.325 e. The lowest BCUT2D eigenvalue weighted by atomic mass is 10.2. The van der Waals surface area contributed by atoms with Crippen LogP contribution in [0.2, 0.25) is 5.02 Å². The highest BCUT2D eigenvalue weighted by molar-refractivity contribution is 8.00. The Morgan fingerprint density at radius 3 is 2.41 bits per heavy atom. The van der Waals surface area contributed by atoms with Gasteiger partial charge in [-0.1, -0.05) is 54.9 Å². The minimum atomic E-state index is -0.499. The first-order valence-corrected chi connectivity index (χ1v) is 14.2.